The van der Waals surface area contributed by atoms with Crippen LogP contribution >= 0.6 is 0 Å². The van der Waals surface area contributed by atoms with Crippen molar-refractivity contribution in [2.45, 2.75) is 13.5 Å². The minimum atomic E-state index is -0.491. The van der Waals surface area contributed by atoms with Crippen LogP contribution in [-0.2, 0) is 6.61 Å². The Morgan fingerprint density at radius 1 is 0.947 bits per heavy atom. The molecule has 19 heavy (non-hydrogen) atoms. The molecule has 1 N–H and O–H groups in total. The van der Waals surface area contributed by atoms with Gasteiger partial charge in [0.1, 0.15) is 11.6 Å². The normalized spacial score (nSPS) is 10.5. The summed E-state index contributed by atoms with van der Waals surface area (Å²) in [6.07, 6.45) is 0. The van der Waals surface area contributed by atoms with E-state index >= 15 is 0 Å². The third kappa shape index (κ3) is 2.58. The highest BCUT2D eigenvalue weighted by molar-refractivity contribution is 5.67. The number of nitrogens with zero attached hydrogens (tertiary/aromatic N) is 1. The quantitative estimate of drug-likeness (QED) is 0.910. The van der Waals surface area contributed by atoms with Gasteiger partial charge in [0.05, 0.1) is 12.3 Å². The summed E-state index contributed by atoms with van der Waals surface area (Å²) in [4.78, 5) is 1.64. The van der Waals surface area contributed by atoms with Crippen molar-refractivity contribution in [2.75, 3.05) is 11.4 Å². The molecule has 0 aliphatic rings. The molecule has 0 radical (unpaired) electrons. The van der Waals surface area contributed by atoms with Crippen molar-refractivity contribution in [1.82, 2.24) is 0 Å². The molecule has 0 heterocycles. The molecule has 2 nitrogen and oxygen atoms in total. The SMILES string of the molecule is CCN(c1ccccc1F)c1cccc(F)c1CO. The number of hydrogen-bond donors (Lipinski definition) is 1. The zero-order valence-electron chi connectivity index (χ0n) is 10.6. The second-order valence-corrected chi connectivity index (χ2v) is 4.09. The topological polar surface area (TPSA) is 23.5 Å². The lowest BCUT2D eigenvalue weighted by Gasteiger charge is -2.26. The second kappa shape index (κ2) is 5.80. The summed E-state index contributed by atoms with van der Waals surface area (Å²) in [5, 5.41) is 9.30. The maximum absolute atomic E-state index is 13.9. The van der Waals surface area contributed by atoms with Crippen molar-refractivity contribution < 1.29 is 13.9 Å². The van der Waals surface area contributed by atoms with Crippen LogP contribution in [0.4, 0.5) is 20.2 Å². The Kier molecular flexibility index (Phi) is 4.12. The van der Waals surface area contributed by atoms with Crippen molar-refractivity contribution in [1.29, 1.82) is 0 Å². The van der Waals surface area contributed by atoms with Crippen LogP contribution in [0, 0.1) is 11.6 Å². The number of halogens is 2. The van der Waals surface area contributed by atoms with Gasteiger partial charge >= 0.3 is 0 Å². The van der Waals surface area contributed by atoms with Crippen LogP contribution in [0.25, 0.3) is 0 Å². The number of aliphatic hydroxyl groups excluding tert-OH is 1. The summed E-state index contributed by atoms with van der Waals surface area (Å²) < 4.78 is 27.5. The smallest absolute Gasteiger partial charge is 0.146 e. The molecule has 2 rings (SSSR count). The summed E-state index contributed by atoms with van der Waals surface area (Å²) in [5.74, 6) is -0.868. The van der Waals surface area contributed by atoms with Gasteiger partial charge in [-0.25, -0.2) is 8.78 Å². The summed E-state index contributed by atoms with van der Waals surface area (Å²) in [6.45, 7) is 1.89. The van der Waals surface area contributed by atoms with Crippen LogP contribution in [0.5, 0.6) is 0 Å². The standard InChI is InChI=1S/C15H15F2NO/c1-2-18(15-8-4-3-6-13(15)17)14-9-5-7-12(16)11(14)10-19/h3-9,19H,2,10H2,1H3. The highest BCUT2D eigenvalue weighted by Crippen LogP contribution is 2.31. The van der Waals surface area contributed by atoms with Crippen molar-refractivity contribution >= 4 is 11.4 Å². The number of para-hydroxylation sites is 1. The fourth-order valence-electron chi connectivity index (χ4n) is 2.10. The summed E-state index contributed by atoms with van der Waals surface area (Å²) in [6, 6.07) is 10.8. The molecule has 0 atom stereocenters. The van der Waals surface area contributed by atoms with Crippen LogP contribution in [0.2, 0.25) is 0 Å². The average Bonchev–Trinajstić information content (AvgIpc) is 2.42. The summed E-state index contributed by atoms with van der Waals surface area (Å²) >= 11 is 0. The van der Waals surface area contributed by atoms with E-state index in [9.17, 15) is 13.9 Å². The van der Waals surface area contributed by atoms with Crippen LogP contribution < -0.4 is 4.90 Å². The minimum absolute atomic E-state index is 0.174. The Labute approximate surface area is 110 Å². The Morgan fingerprint density at radius 2 is 1.58 bits per heavy atom. The highest BCUT2D eigenvalue weighted by atomic mass is 19.1. The predicted molar refractivity (Wildman–Crippen MR) is 71.4 cm³/mol. The minimum Gasteiger partial charge on any atom is -0.391 e. The largest absolute Gasteiger partial charge is 0.391 e. The molecule has 0 aromatic heterocycles. The fourth-order valence-corrected chi connectivity index (χ4v) is 2.10. The number of rotatable bonds is 4. The third-order valence-corrected chi connectivity index (χ3v) is 3.00. The van der Waals surface area contributed by atoms with E-state index in [1.54, 1.807) is 35.2 Å². The molecular weight excluding hydrogens is 248 g/mol. The molecule has 0 unspecified atom stereocenters. The Morgan fingerprint density at radius 3 is 2.21 bits per heavy atom. The average molecular weight is 263 g/mol. The Balaban J connectivity index is 2.55. The lowest BCUT2D eigenvalue weighted by Crippen LogP contribution is -2.19. The molecule has 0 aliphatic heterocycles. The molecule has 0 saturated heterocycles. The van der Waals surface area contributed by atoms with Gasteiger partial charge in [0, 0.05) is 17.8 Å². The molecule has 2 aromatic rings. The number of hydrogen-bond acceptors (Lipinski definition) is 2. The van der Waals surface area contributed by atoms with E-state index in [2.05, 4.69) is 0 Å². The fraction of sp³-hybridized carbons (Fsp3) is 0.200. The molecule has 2 aromatic carbocycles. The van der Waals surface area contributed by atoms with Gasteiger partial charge in [-0.05, 0) is 31.2 Å². The van der Waals surface area contributed by atoms with Crippen molar-refractivity contribution in [3.8, 4) is 0 Å². The zero-order valence-corrected chi connectivity index (χ0v) is 10.6. The zero-order chi connectivity index (χ0) is 13.8. The van der Waals surface area contributed by atoms with Gasteiger partial charge in [0.15, 0.2) is 0 Å². The Hall–Kier alpha value is -1.94. The third-order valence-electron chi connectivity index (χ3n) is 3.00. The molecule has 0 spiro atoms. The molecule has 0 saturated carbocycles. The highest BCUT2D eigenvalue weighted by Gasteiger charge is 2.16. The van der Waals surface area contributed by atoms with E-state index in [1.165, 1.54) is 12.1 Å². The molecule has 100 valence electrons. The van der Waals surface area contributed by atoms with E-state index in [0.29, 0.717) is 17.9 Å². The molecule has 0 bridgehead atoms. The number of anilines is 2. The predicted octanol–water partition coefficient (Wildman–Crippen LogP) is 3.62. The van der Waals surface area contributed by atoms with Crippen molar-refractivity contribution in [2.24, 2.45) is 0 Å². The first-order valence-electron chi connectivity index (χ1n) is 6.09. The first-order valence-corrected chi connectivity index (χ1v) is 6.09. The lowest BCUT2D eigenvalue weighted by atomic mass is 10.1. The first-order chi connectivity index (χ1) is 9.19. The van der Waals surface area contributed by atoms with Gasteiger partial charge in [0.2, 0.25) is 0 Å². The maximum atomic E-state index is 13.9. The van der Waals surface area contributed by atoms with E-state index in [0.717, 1.165) is 0 Å². The summed E-state index contributed by atoms with van der Waals surface area (Å²) in [5.41, 5.74) is 1.02. The van der Waals surface area contributed by atoms with E-state index in [1.807, 2.05) is 6.92 Å². The van der Waals surface area contributed by atoms with E-state index < -0.39 is 12.4 Å². The monoisotopic (exact) mass is 263 g/mol. The van der Waals surface area contributed by atoms with E-state index in [4.69, 9.17) is 0 Å². The first kappa shape index (κ1) is 13.5. The van der Waals surface area contributed by atoms with Crippen molar-refractivity contribution in [3.05, 3.63) is 59.7 Å². The van der Waals surface area contributed by atoms with E-state index in [-0.39, 0.29) is 11.4 Å². The Bertz CT molecular complexity index is 572. The second-order valence-electron chi connectivity index (χ2n) is 4.09. The van der Waals surface area contributed by atoms with Gasteiger partial charge in [-0.3, -0.25) is 0 Å². The van der Waals surface area contributed by atoms with Crippen LogP contribution in [0.15, 0.2) is 42.5 Å². The van der Waals surface area contributed by atoms with Crippen LogP contribution in [0.3, 0.4) is 0 Å². The molecule has 0 amide bonds. The molecule has 0 aliphatic carbocycles. The summed E-state index contributed by atoms with van der Waals surface area (Å²) in [7, 11) is 0. The molecule has 0 fully saturated rings. The number of aliphatic hydroxyl groups is 1. The van der Waals surface area contributed by atoms with Gasteiger partial charge in [-0.1, -0.05) is 18.2 Å². The van der Waals surface area contributed by atoms with Crippen LogP contribution in [0.1, 0.15) is 12.5 Å². The van der Waals surface area contributed by atoms with Crippen LogP contribution in [-0.4, -0.2) is 11.7 Å². The van der Waals surface area contributed by atoms with Gasteiger partial charge in [-0.15, -0.1) is 0 Å². The van der Waals surface area contributed by atoms with Gasteiger partial charge in [-0.2, -0.15) is 0 Å². The maximum Gasteiger partial charge on any atom is 0.146 e. The van der Waals surface area contributed by atoms with Crippen molar-refractivity contribution in [3.63, 3.8) is 0 Å². The van der Waals surface area contributed by atoms with Gasteiger partial charge < -0.3 is 10.0 Å². The number of benzene rings is 2. The lowest BCUT2D eigenvalue weighted by molar-refractivity contribution is 0.276. The molecular formula is C15H15F2NO. The van der Waals surface area contributed by atoms with Gasteiger partial charge in [0.25, 0.3) is 0 Å². The molecule has 4 heteroatoms.